The van der Waals surface area contributed by atoms with Crippen molar-refractivity contribution in [2.24, 2.45) is 0 Å². The second-order valence-electron chi connectivity index (χ2n) is 15.2. The third-order valence-corrected chi connectivity index (χ3v) is 8.57. The summed E-state index contributed by atoms with van der Waals surface area (Å²) in [4.78, 5) is 0. The number of benzene rings is 3. The summed E-state index contributed by atoms with van der Waals surface area (Å²) in [5, 5.41) is 0. The zero-order valence-electron chi connectivity index (χ0n) is 33.2. The summed E-state index contributed by atoms with van der Waals surface area (Å²) in [6.45, 7) is 28.5. The van der Waals surface area contributed by atoms with Gasteiger partial charge >= 0.3 is 0 Å². The Hall–Kier alpha value is -4.99. The second-order valence-corrected chi connectivity index (χ2v) is 34.2. The molecule has 0 aliphatic heterocycles. The molecule has 0 spiro atoms. The summed E-state index contributed by atoms with van der Waals surface area (Å²) in [6, 6.07) is 29.6. The number of rotatable bonds is 0. The Morgan fingerprint density at radius 3 is 0.745 bits per heavy atom. The van der Waals surface area contributed by atoms with E-state index in [2.05, 4.69) is 172 Å². The third kappa shape index (κ3) is 34.7. The van der Waals surface area contributed by atoms with Crippen LogP contribution in [0.15, 0.2) is 91.0 Å². The van der Waals surface area contributed by atoms with Crippen LogP contribution < -0.4 is 0 Å². The van der Waals surface area contributed by atoms with Gasteiger partial charge in [0.25, 0.3) is 0 Å². The topological polar surface area (TPSA) is 0 Å². The zero-order chi connectivity index (χ0) is 38.7. The molecule has 3 aromatic rings. The smallest absolute Gasteiger partial charge is 0.118 e. The van der Waals surface area contributed by atoms with E-state index >= 15 is 0 Å². The van der Waals surface area contributed by atoms with E-state index in [1.54, 1.807) is 6.92 Å². The van der Waals surface area contributed by atoms with Gasteiger partial charge in [0.1, 0.15) is 32.3 Å². The van der Waals surface area contributed by atoms with Crippen LogP contribution >= 0.6 is 0 Å². The first-order chi connectivity index (χ1) is 23.8. The van der Waals surface area contributed by atoms with E-state index in [1.807, 2.05) is 91.0 Å². The standard InChI is InChI=1S/C16H10.C13H14Si.C10H18Si2.C8H12Si/c1-3-9-15(10-4-1)13-7-8-14-16-11-5-2-6-12-16;1-14(2,3)12-8-7-11-13-9-5-4-6-10-13;1-11(2,3)9-7-8-10-12(4,5)6;1-5-6-7-8-9(2,3)4/h1-6,9-12H;4-6,9-10H,1-3H3;1-6H3;1-4H3. The highest BCUT2D eigenvalue weighted by atomic mass is 28.3. The highest BCUT2D eigenvalue weighted by Gasteiger charge is 2.09. The highest BCUT2D eigenvalue weighted by molar-refractivity contribution is 6.85. The molecule has 0 aliphatic carbocycles. The molecule has 3 rings (SSSR count). The van der Waals surface area contributed by atoms with Crippen molar-refractivity contribution < 1.29 is 0 Å². The summed E-state index contributed by atoms with van der Waals surface area (Å²) < 4.78 is 0. The van der Waals surface area contributed by atoms with E-state index in [-0.39, 0.29) is 0 Å². The molecule has 0 radical (unpaired) electrons. The zero-order valence-corrected chi connectivity index (χ0v) is 37.2. The van der Waals surface area contributed by atoms with Crippen LogP contribution in [0, 0.1) is 93.2 Å². The molecule has 0 nitrogen and oxygen atoms in total. The lowest BCUT2D eigenvalue weighted by molar-refractivity contribution is 1.65. The molecule has 0 saturated heterocycles. The van der Waals surface area contributed by atoms with E-state index < -0.39 is 32.3 Å². The molecule has 51 heavy (non-hydrogen) atoms. The minimum Gasteiger partial charge on any atom is -0.118 e. The van der Waals surface area contributed by atoms with Gasteiger partial charge in [-0.25, -0.2) is 0 Å². The summed E-state index contributed by atoms with van der Waals surface area (Å²) in [5.74, 6) is 34.7. The van der Waals surface area contributed by atoms with Crippen LogP contribution in [-0.2, 0) is 0 Å². The highest BCUT2D eigenvalue weighted by Crippen LogP contribution is 1.99. The summed E-state index contributed by atoms with van der Waals surface area (Å²) in [6.07, 6.45) is 0. The van der Waals surface area contributed by atoms with Crippen molar-refractivity contribution in [1.29, 1.82) is 0 Å². The van der Waals surface area contributed by atoms with Crippen molar-refractivity contribution >= 4 is 32.3 Å². The van der Waals surface area contributed by atoms with Gasteiger partial charge in [-0.2, -0.15) is 0 Å². The maximum Gasteiger partial charge on any atom is 0.130 e. The van der Waals surface area contributed by atoms with Gasteiger partial charge in [-0.15, -0.1) is 22.2 Å². The van der Waals surface area contributed by atoms with E-state index in [0.717, 1.165) is 16.7 Å². The molecule has 0 saturated carbocycles. The average Bonchev–Trinajstić information content (AvgIpc) is 3.04. The fourth-order valence-corrected chi connectivity index (χ4v) is 4.56. The lowest BCUT2D eigenvalue weighted by atomic mass is 10.2. The van der Waals surface area contributed by atoms with Gasteiger partial charge in [0.15, 0.2) is 0 Å². The SMILES string of the molecule is C(C#Cc1ccccc1)#Cc1ccccc1.CC#CC#C[Si](C)(C)C.C[Si](C)(C)C#CC#C[Si](C)(C)C.C[Si](C)(C)C#CC#Cc1ccccc1. The quantitative estimate of drug-likeness (QED) is 0.160. The first-order valence-electron chi connectivity index (χ1n) is 17.0. The predicted octanol–water partition coefficient (Wildman–Crippen LogP) is 10.6. The molecule has 0 bridgehead atoms. The minimum atomic E-state index is -1.26. The normalized spacial score (nSPS) is 9.20. The Morgan fingerprint density at radius 2 is 0.510 bits per heavy atom. The average molecular weight is 731 g/mol. The molecule has 258 valence electrons. The minimum absolute atomic E-state index is 0.991. The maximum absolute atomic E-state index is 3.23. The Labute approximate surface area is 317 Å². The predicted molar refractivity (Wildman–Crippen MR) is 238 cm³/mol. The lowest BCUT2D eigenvalue weighted by Crippen LogP contribution is -2.17. The van der Waals surface area contributed by atoms with E-state index in [0.29, 0.717) is 0 Å². The summed E-state index contributed by atoms with van der Waals surface area (Å²) in [7, 11) is -4.82. The molecular weight excluding hydrogens is 677 g/mol. The van der Waals surface area contributed by atoms with Crippen LogP contribution in [0.5, 0.6) is 0 Å². The molecule has 0 atom stereocenters. The van der Waals surface area contributed by atoms with Crippen molar-refractivity contribution in [2.45, 2.75) is 85.5 Å². The van der Waals surface area contributed by atoms with E-state index in [4.69, 9.17) is 0 Å². The van der Waals surface area contributed by atoms with Crippen LogP contribution in [0.4, 0.5) is 0 Å². The first kappa shape index (κ1) is 46.0. The fraction of sp³-hybridized carbons (Fsp3) is 0.277. The summed E-state index contributed by atoms with van der Waals surface area (Å²) >= 11 is 0. The van der Waals surface area contributed by atoms with Crippen LogP contribution in [0.25, 0.3) is 0 Å². The molecule has 0 aliphatic rings. The molecule has 0 N–H and O–H groups in total. The van der Waals surface area contributed by atoms with Crippen molar-refractivity contribution in [1.82, 2.24) is 0 Å². The van der Waals surface area contributed by atoms with Gasteiger partial charge in [0.05, 0.1) is 0 Å². The van der Waals surface area contributed by atoms with Crippen LogP contribution in [-0.4, -0.2) is 32.3 Å². The Morgan fingerprint density at radius 1 is 0.294 bits per heavy atom. The largest absolute Gasteiger partial charge is 0.130 e. The fourth-order valence-electron chi connectivity index (χ4n) is 2.81. The summed E-state index contributed by atoms with van der Waals surface area (Å²) in [5.41, 5.74) is 15.8. The van der Waals surface area contributed by atoms with Crippen molar-refractivity contribution in [2.75, 3.05) is 0 Å². The lowest BCUT2D eigenvalue weighted by Gasteiger charge is -2.03. The van der Waals surface area contributed by atoms with Crippen molar-refractivity contribution in [3.63, 3.8) is 0 Å². The van der Waals surface area contributed by atoms with Gasteiger partial charge in [0, 0.05) is 16.7 Å². The van der Waals surface area contributed by atoms with Gasteiger partial charge in [-0.3, -0.25) is 0 Å². The van der Waals surface area contributed by atoms with E-state index in [9.17, 15) is 0 Å². The van der Waals surface area contributed by atoms with Crippen molar-refractivity contribution in [3.8, 4) is 93.2 Å². The third-order valence-electron chi connectivity index (χ3n) is 5.07. The Kier molecular flexibility index (Phi) is 22.6. The van der Waals surface area contributed by atoms with Gasteiger partial charge in [0.2, 0.25) is 0 Å². The molecule has 4 heteroatoms. The first-order valence-corrected chi connectivity index (χ1v) is 31.0. The second kappa shape index (κ2) is 25.0. The molecule has 0 fully saturated rings. The Balaban J connectivity index is 0.000000668. The van der Waals surface area contributed by atoms with E-state index in [1.165, 1.54) is 0 Å². The van der Waals surface area contributed by atoms with Gasteiger partial charge in [-0.1, -0.05) is 157 Å². The Bertz CT molecular complexity index is 1900. The monoisotopic (exact) mass is 730 g/mol. The molecular formula is C47H54Si4. The van der Waals surface area contributed by atoms with Gasteiger partial charge in [-0.05, 0) is 90.7 Å². The van der Waals surface area contributed by atoms with Gasteiger partial charge < -0.3 is 0 Å². The number of hydrogen-bond donors (Lipinski definition) is 0. The molecule has 0 unspecified atom stereocenters. The van der Waals surface area contributed by atoms with Crippen LogP contribution in [0.2, 0.25) is 78.6 Å². The molecule has 3 aromatic carbocycles. The van der Waals surface area contributed by atoms with Crippen molar-refractivity contribution in [3.05, 3.63) is 108 Å². The van der Waals surface area contributed by atoms with Crippen LogP contribution in [0.1, 0.15) is 23.6 Å². The maximum atomic E-state index is 3.23. The molecule has 0 heterocycles. The number of hydrogen-bond acceptors (Lipinski definition) is 0. The molecule has 0 amide bonds. The van der Waals surface area contributed by atoms with Crippen LogP contribution in [0.3, 0.4) is 0 Å². The molecule has 0 aromatic heterocycles.